The van der Waals surface area contributed by atoms with E-state index in [1.165, 1.54) is 11.8 Å². The Morgan fingerprint density at radius 3 is 2.14 bits per heavy atom. The van der Waals surface area contributed by atoms with Crippen LogP contribution in [0.5, 0.6) is 11.5 Å². The van der Waals surface area contributed by atoms with E-state index in [1.807, 2.05) is 13.2 Å². The van der Waals surface area contributed by atoms with Crippen LogP contribution in [0.25, 0.3) is 0 Å². The number of aliphatic carboxylic acids is 1. The molecule has 0 radical (unpaired) electrons. The van der Waals surface area contributed by atoms with Crippen LogP contribution in [0.1, 0.15) is 43.6 Å². The lowest BCUT2D eigenvalue weighted by molar-refractivity contribution is -0.385. The molecule has 17 nitrogen and oxygen atoms in total. The van der Waals surface area contributed by atoms with Crippen LogP contribution in [-0.2, 0) is 15.5 Å². The number of carbonyl (C=O) groups is 2. The molecular formula is C27H34ClF3N7O10PS. The number of hydrogen-bond acceptors (Lipinski definition) is 13. The number of anilines is 2. The maximum absolute atomic E-state index is 12.6. The summed E-state index contributed by atoms with van der Waals surface area (Å²) in [5.74, 6) is -1.75. The van der Waals surface area contributed by atoms with Gasteiger partial charge in [-0.15, -0.1) is 0 Å². The molecule has 0 saturated carbocycles. The first kappa shape index (κ1) is 43.8. The van der Waals surface area contributed by atoms with Gasteiger partial charge in [-0.1, -0.05) is 23.4 Å². The quantitative estimate of drug-likeness (QED) is 0.0497. The molecule has 3 aromatic rings. The number of carboxylic acid groups (broad SMARTS) is 2. The molecule has 1 heterocycles. The lowest BCUT2D eigenvalue weighted by atomic mass is 10.1. The maximum atomic E-state index is 12.6. The number of halogens is 4. The van der Waals surface area contributed by atoms with Crippen molar-refractivity contribution in [3.8, 4) is 11.5 Å². The predicted molar refractivity (Wildman–Crippen MR) is 178 cm³/mol. The number of nitro groups is 1. The van der Waals surface area contributed by atoms with Gasteiger partial charge in [0.2, 0.25) is 11.9 Å². The topological polar surface area (TPSA) is 259 Å². The summed E-state index contributed by atoms with van der Waals surface area (Å²) in [5, 5.41) is 36.5. The number of benzene rings is 2. The summed E-state index contributed by atoms with van der Waals surface area (Å²) in [6, 6.07) is 5.27. The van der Waals surface area contributed by atoms with Crippen molar-refractivity contribution in [2.45, 2.75) is 44.6 Å². The average Bonchev–Trinajstić information content (AvgIpc) is 2.96. The molecular weight excluding hydrogens is 738 g/mol. The minimum absolute atomic E-state index is 0.0550. The van der Waals surface area contributed by atoms with Crippen molar-refractivity contribution in [2.24, 2.45) is 0 Å². The second-order valence-corrected chi connectivity index (χ2v) is 13.3. The van der Waals surface area contributed by atoms with Gasteiger partial charge in [-0.25, -0.2) is 4.79 Å². The van der Waals surface area contributed by atoms with E-state index in [1.54, 1.807) is 0 Å². The molecule has 2 aromatic carbocycles. The Balaban J connectivity index is 0.000000414. The third-order valence-electron chi connectivity index (χ3n) is 5.10. The molecule has 50 heavy (non-hydrogen) atoms. The highest BCUT2D eigenvalue weighted by molar-refractivity contribution is 7.98. The fourth-order valence-electron chi connectivity index (χ4n) is 3.18. The Morgan fingerprint density at radius 1 is 1.06 bits per heavy atom. The van der Waals surface area contributed by atoms with E-state index >= 15 is 0 Å². The molecule has 276 valence electrons. The van der Waals surface area contributed by atoms with E-state index < -0.39 is 60.3 Å². The molecule has 0 aliphatic carbocycles. The van der Waals surface area contributed by atoms with Gasteiger partial charge in [-0.2, -0.15) is 28.1 Å². The summed E-state index contributed by atoms with van der Waals surface area (Å²) in [6.45, 7) is 8.59. The highest BCUT2D eigenvalue weighted by atomic mass is 35.5. The van der Waals surface area contributed by atoms with Gasteiger partial charge in [-0.05, 0) is 58.2 Å². The number of nitrogens with one attached hydrogen (secondary N) is 3. The van der Waals surface area contributed by atoms with Crippen molar-refractivity contribution < 1.29 is 57.0 Å². The molecule has 0 amide bonds. The summed E-state index contributed by atoms with van der Waals surface area (Å²) < 4.78 is 52.9. The molecule has 0 unspecified atom stereocenters. The standard InChI is InChI=1S/C14H7ClF3NO5.C10H19N5S.C3H8NO5P/c15-10-5-7(14(16,17)18)1-4-12(10)24-8-2-3-11(19(22)23)9(6-8)13(20)21;1-6-11-7-12-8(15-10(2,3)4)14-9(13-7)16-5;5-3(6)1-4-2-10(7,8)9/h1-6H,(H,20,21);6H2,1-5H3,(H2,11,12,13,14,15);4H,1-2H2,(H,5,6)(H2,7,8,9). The van der Waals surface area contributed by atoms with Crippen LogP contribution in [0, 0.1) is 10.1 Å². The second-order valence-electron chi connectivity index (χ2n) is 10.5. The van der Waals surface area contributed by atoms with Crippen molar-refractivity contribution in [3.05, 3.63) is 62.7 Å². The van der Waals surface area contributed by atoms with Crippen molar-refractivity contribution in [1.29, 1.82) is 0 Å². The molecule has 0 aliphatic rings. The van der Waals surface area contributed by atoms with Gasteiger partial charge < -0.3 is 35.4 Å². The lowest BCUT2D eigenvalue weighted by Gasteiger charge is -2.20. The molecule has 0 fully saturated rings. The number of carboxylic acids is 2. The zero-order valence-electron chi connectivity index (χ0n) is 27.0. The number of rotatable bonds is 12. The predicted octanol–water partition coefficient (Wildman–Crippen LogP) is 5.79. The Morgan fingerprint density at radius 2 is 1.68 bits per heavy atom. The van der Waals surface area contributed by atoms with Gasteiger partial charge in [0, 0.05) is 24.2 Å². The Bertz CT molecular complexity index is 1690. The minimum atomic E-state index is -4.58. The Labute approximate surface area is 292 Å². The van der Waals surface area contributed by atoms with Crippen LogP contribution >= 0.6 is 31.0 Å². The number of thioether (sulfide) groups is 1. The maximum Gasteiger partial charge on any atom is 0.416 e. The average molecular weight is 772 g/mol. The number of nitro benzene ring substituents is 1. The van der Waals surface area contributed by atoms with Crippen LogP contribution < -0.4 is 20.7 Å². The Hall–Kier alpha value is -4.27. The smallest absolute Gasteiger partial charge is 0.416 e. The number of ether oxygens (including phenoxy) is 1. The third-order valence-corrected chi connectivity index (χ3v) is 6.57. The summed E-state index contributed by atoms with van der Waals surface area (Å²) in [5.41, 5.74) is -2.30. The second kappa shape index (κ2) is 19.2. The molecule has 0 bridgehead atoms. The monoisotopic (exact) mass is 771 g/mol. The number of nitrogens with zero attached hydrogens (tertiary/aromatic N) is 4. The van der Waals surface area contributed by atoms with Gasteiger partial charge >= 0.3 is 25.7 Å². The normalized spacial score (nSPS) is 11.3. The van der Waals surface area contributed by atoms with Crippen LogP contribution in [0.15, 0.2) is 41.6 Å². The van der Waals surface area contributed by atoms with Crippen molar-refractivity contribution >= 4 is 60.5 Å². The lowest BCUT2D eigenvalue weighted by Crippen LogP contribution is -2.27. The molecule has 0 spiro atoms. The minimum Gasteiger partial charge on any atom is -0.480 e. The van der Waals surface area contributed by atoms with Gasteiger partial charge in [0.15, 0.2) is 5.16 Å². The van der Waals surface area contributed by atoms with Gasteiger partial charge in [0.25, 0.3) is 5.69 Å². The number of alkyl halides is 3. The van der Waals surface area contributed by atoms with Gasteiger partial charge in [-0.3, -0.25) is 24.8 Å². The zero-order valence-corrected chi connectivity index (χ0v) is 29.4. The van der Waals surface area contributed by atoms with E-state index in [0.717, 1.165) is 42.0 Å². The molecule has 23 heteroatoms. The number of aromatic nitrogens is 3. The van der Waals surface area contributed by atoms with Crippen LogP contribution in [0.2, 0.25) is 5.02 Å². The highest BCUT2D eigenvalue weighted by Crippen LogP contribution is 2.37. The fraction of sp³-hybridized carbons (Fsp3) is 0.370. The molecule has 7 N–H and O–H groups in total. The first-order valence-electron chi connectivity index (χ1n) is 13.8. The van der Waals surface area contributed by atoms with Crippen LogP contribution in [-0.4, -0.2) is 83.0 Å². The Kier molecular flexibility index (Phi) is 16.8. The van der Waals surface area contributed by atoms with Gasteiger partial charge in [0.05, 0.1) is 28.3 Å². The first-order valence-corrected chi connectivity index (χ1v) is 17.2. The summed E-state index contributed by atoms with van der Waals surface area (Å²) >= 11 is 7.23. The zero-order chi connectivity index (χ0) is 38.4. The number of hydrogen-bond donors (Lipinski definition) is 7. The van der Waals surface area contributed by atoms with E-state index in [9.17, 15) is 37.4 Å². The van der Waals surface area contributed by atoms with E-state index in [4.69, 9.17) is 36.3 Å². The molecule has 0 aliphatic heterocycles. The van der Waals surface area contributed by atoms with E-state index in [2.05, 4.69) is 51.7 Å². The molecule has 0 atom stereocenters. The van der Waals surface area contributed by atoms with Crippen LogP contribution in [0.4, 0.5) is 30.8 Å². The number of aromatic carboxylic acids is 1. The largest absolute Gasteiger partial charge is 0.480 e. The van der Waals surface area contributed by atoms with Crippen molar-refractivity contribution in [1.82, 2.24) is 20.3 Å². The van der Waals surface area contributed by atoms with Crippen LogP contribution in [0.3, 0.4) is 0 Å². The fourth-order valence-corrected chi connectivity index (χ4v) is 4.16. The van der Waals surface area contributed by atoms with Crippen molar-refractivity contribution in [2.75, 3.05) is 36.3 Å². The van der Waals surface area contributed by atoms with E-state index in [0.29, 0.717) is 18.0 Å². The van der Waals surface area contributed by atoms with E-state index in [-0.39, 0.29) is 22.1 Å². The SMILES string of the molecule is CCNc1nc(NC(C)(C)C)nc(SC)n1.O=C(O)CNCP(=O)(O)O.O=C(O)c1cc(Oc2ccc(C(F)(F)F)cc2Cl)ccc1[N+](=O)[O-]. The summed E-state index contributed by atoms with van der Waals surface area (Å²) in [7, 11) is -4.10. The molecule has 3 rings (SSSR count). The first-order chi connectivity index (χ1) is 22.9. The third kappa shape index (κ3) is 16.9. The molecule has 0 saturated heterocycles. The summed E-state index contributed by atoms with van der Waals surface area (Å²) in [4.78, 5) is 59.9. The highest BCUT2D eigenvalue weighted by Gasteiger charge is 2.31. The van der Waals surface area contributed by atoms with Crippen molar-refractivity contribution in [3.63, 3.8) is 0 Å². The molecule has 1 aromatic heterocycles. The van der Waals surface area contributed by atoms with Gasteiger partial charge in [0.1, 0.15) is 17.1 Å². The summed E-state index contributed by atoms with van der Waals surface area (Å²) in [6.07, 6.45) is -3.22.